The summed E-state index contributed by atoms with van der Waals surface area (Å²) in [5.41, 5.74) is -0.0937. The quantitative estimate of drug-likeness (QED) is 0.746. The van der Waals surface area contributed by atoms with Crippen molar-refractivity contribution in [2.75, 3.05) is 0 Å². The van der Waals surface area contributed by atoms with E-state index < -0.39 is 17.6 Å². The molecule has 1 fully saturated rings. The minimum Gasteiger partial charge on any atom is -0.337 e. The largest absolute Gasteiger partial charge is 0.411 e. The second-order valence-electron chi connectivity index (χ2n) is 4.13. The molecule has 2 aliphatic rings. The summed E-state index contributed by atoms with van der Waals surface area (Å²) in [5, 5.41) is 5.39. The molecule has 1 saturated carbocycles. The summed E-state index contributed by atoms with van der Waals surface area (Å²) in [6, 6.07) is 0. The van der Waals surface area contributed by atoms with Crippen LogP contribution in [-0.4, -0.2) is 29.2 Å². The number of carbonyl (C=O) groups is 2. The first-order chi connectivity index (χ1) is 7.84. The van der Waals surface area contributed by atoms with Crippen LogP contribution in [0.25, 0.3) is 0 Å². The molecule has 0 bridgehead atoms. The van der Waals surface area contributed by atoms with Crippen molar-refractivity contribution in [3.8, 4) is 0 Å². The van der Waals surface area contributed by atoms with Gasteiger partial charge in [0.1, 0.15) is 11.3 Å². The predicted octanol–water partition coefficient (Wildman–Crippen LogP) is 0.463. The first-order valence-corrected chi connectivity index (χ1v) is 5.09. The second kappa shape index (κ2) is 3.71. The lowest BCUT2D eigenvalue weighted by Crippen LogP contribution is -2.50. The molecule has 5 nitrogen and oxygen atoms in total. The smallest absolute Gasteiger partial charge is 0.337 e. The summed E-state index contributed by atoms with van der Waals surface area (Å²) in [7, 11) is 0. The van der Waals surface area contributed by atoms with Crippen molar-refractivity contribution in [3.63, 3.8) is 0 Å². The highest BCUT2D eigenvalue weighted by Gasteiger charge is 2.64. The Morgan fingerprint density at radius 2 is 2.00 bits per heavy atom. The molecule has 1 heterocycles. The lowest BCUT2D eigenvalue weighted by Gasteiger charge is -2.21. The SMILES string of the molecule is O=C1CCC(C(=O)NC2(C(F)(F)F)CC2)=NN1. The number of nitrogens with zero attached hydrogens (tertiary/aromatic N) is 1. The molecular weight excluding hydrogens is 239 g/mol. The topological polar surface area (TPSA) is 70.6 Å². The molecule has 2 amide bonds. The van der Waals surface area contributed by atoms with E-state index in [-0.39, 0.29) is 37.3 Å². The third kappa shape index (κ3) is 2.25. The third-order valence-corrected chi connectivity index (χ3v) is 2.81. The molecule has 0 atom stereocenters. The summed E-state index contributed by atoms with van der Waals surface area (Å²) in [6.45, 7) is 0. The van der Waals surface area contributed by atoms with E-state index in [1.165, 1.54) is 0 Å². The molecule has 0 spiro atoms. The number of hydrogen-bond acceptors (Lipinski definition) is 3. The van der Waals surface area contributed by atoms with Crippen LogP contribution in [0.3, 0.4) is 0 Å². The Morgan fingerprint density at radius 3 is 2.41 bits per heavy atom. The Kier molecular flexibility index (Phi) is 2.59. The average molecular weight is 249 g/mol. The van der Waals surface area contributed by atoms with Gasteiger partial charge in [-0.05, 0) is 12.8 Å². The van der Waals surface area contributed by atoms with Crippen LogP contribution in [0.2, 0.25) is 0 Å². The summed E-state index contributed by atoms with van der Waals surface area (Å²) < 4.78 is 37.7. The van der Waals surface area contributed by atoms with Crippen molar-refractivity contribution in [3.05, 3.63) is 0 Å². The van der Waals surface area contributed by atoms with Crippen LogP contribution in [0.15, 0.2) is 5.10 Å². The molecular formula is C9H10F3N3O2. The highest BCUT2D eigenvalue weighted by molar-refractivity contribution is 6.39. The van der Waals surface area contributed by atoms with Gasteiger partial charge in [0.2, 0.25) is 5.91 Å². The van der Waals surface area contributed by atoms with Gasteiger partial charge in [0.05, 0.1) is 0 Å². The maximum absolute atomic E-state index is 12.6. The van der Waals surface area contributed by atoms with Gasteiger partial charge in [0.25, 0.3) is 5.91 Å². The number of hydrazone groups is 1. The van der Waals surface area contributed by atoms with E-state index in [1.807, 2.05) is 5.32 Å². The first-order valence-electron chi connectivity index (χ1n) is 5.09. The van der Waals surface area contributed by atoms with Crippen LogP contribution < -0.4 is 10.7 Å². The van der Waals surface area contributed by atoms with Gasteiger partial charge in [-0.1, -0.05) is 0 Å². The minimum atomic E-state index is -4.44. The Balaban J connectivity index is 2.01. The summed E-state index contributed by atoms with van der Waals surface area (Å²) in [5.74, 6) is -1.21. The van der Waals surface area contributed by atoms with Gasteiger partial charge in [-0.25, -0.2) is 5.43 Å². The van der Waals surface area contributed by atoms with Crippen LogP contribution in [0.5, 0.6) is 0 Å². The molecule has 0 aromatic rings. The van der Waals surface area contributed by atoms with E-state index in [0.717, 1.165) is 0 Å². The van der Waals surface area contributed by atoms with E-state index in [4.69, 9.17) is 0 Å². The van der Waals surface area contributed by atoms with Gasteiger partial charge in [-0.3, -0.25) is 9.59 Å². The predicted molar refractivity (Wildman–Crippen MR) is 51.0 cm³/mol. The van der Waals surface area contributed by atoms with Gasteiger partial charge in [-0.2, -0.15) is 18.3 Å². The number of amides is 2. The zero-order valence-electron chi connectivity index (χ0n) is 8.73. The third-order valence-electron chi connectivity index (χ3n) is 2.81. The van der Waals surface area contributed by atoms with Gasteiger partial charge in [-0.15, -0.1) is 0 Å². The number of nitrogens with one attached hydrogen (secondary N) is 2. The Bertz CT molecular complexity index is 399. The van der Waals surface area contributed by atoms with Crippen molar-refractivity contribution in [1.82, 2.24) is 10.7 Å². The van der Waals surface area contributed by atoms with Crippen molar-refractivity contribution in [2.45, 2.75) is 37.4 Å². The molecule has 17 heavy (non-hydrogen) atoms. The summed E-state index contributed by atoms with van der Waals surface area (Å²) in [4.78, 5) is 22.3. The van der Waals surface area contributed by atoms with E-state index in [0.29, 0.717) is 0 Å². The van der Waals surface area contributed by atoms with Gasteiger partial charge < -0.3 is 5.32 Å². The lowest BCUT2D eigenvalue weighted by molar-refractivity contribution is -0.168. The summed E-state index contributed by atoms with van der Waals surface area (Å²) in [6.07, 6.45) is -4.54. The highest BCUT2D eigenvalue weighted by atomic mass is 19.4. The van der Waals surface area contributed by atoms with Gasteiger partial charge in [0, 0.05) is 12.8 Å². The molecule has 8 heteroatoms. The fourth-order valence-corrected chi connectivity index (χ4v) is 1.53. The van der Waals surface area contributed by atoms with Crippen molar-refractivity contribution in [2.24, 2.45) is 5.10 Å². The van der Waals surface area contributed by atoms with Crippen molar-refractivity contribution < 1.29 is 22.8 Å². The molecule has 1 aliphatic heterocycles. The number of carbonyl (C=O) groups excluding carboxylic acids is 2. The second-order valence-corrected chi connectivity index (χ2v) is 4.13. The van der Waals surface area contributed by atoms with E-state index in [1.54, 1.807) is 0 Å². The number of hydrogen-bond donors (Lipinski definition) is 2. The van der Waals surface area contributed by atoms with Crippen molar-refractivity contribution in [1.29, 1.82) is 0 Å². The molecule has 0 radical (unpaired) electrons. The average Bonchev–Trinajstić information content (AvgIpc) is 2.98. The van der Waals surface area contributed by atoms with E-state index in [2.05, 4.69) is 10.5 Å². The lowest BCUT2D eigenvalue weighted by atomic mass is 10.1. The Hall–Kier alpha value is -1.60. The Morgan fingerprint density at radius 1 is 1.35 bits per heavy atom. The van der Waals surface area contributed by atoms with E-state index in [9.17, 15) is 22.8 Å². The van der Waals surface area contributed by atoms with Crippen LogP contribution in [-0.2, 0) is 9.59 Å². The van der Waals surface area contributed by atoms with E-state index >= 15 is 0 Å². The molecule has 2 rings (SSSR count). The molecule has 2 N–H and O–H groups in total. The number of alkyl halides is 3. The molecule has 94 valence electrons. The van der Waals surface area contributed by atoms with Crippen LogP contribution in [0.4, 0.5) is 13.2 Å². The molecule has 0 aromatic carbocycles. The van der Waals surface area contributed by atoms with Crippen LogP contribution >= 0.6 is 0 Å². The normalized spacial score (nSPS) is 22.5. The van der Waals surface area contributed by atoms with Crippen molar-refractivity contribution >= 4 is 17.5 Å². The summed E-state index contributed by atoms with van der Waals surface area (Å²) >= 11 is 0. The Labute approximate surface area is 94.4 Å². The molecule has 0 aromatic heterocycles. The number of rotatable bonds is 2. The van der Waals surface area contributed by atoms with Gasteiger partial charge in [0.15, 0.2) is 0 Å². The zero-order chi connectivity index (χ0) is 12.7. The standard InChI is InChI=1S/C9H10F3N3O2/c10-9(11,12)8(3-4-8)13-7(17)5-1-2-6(16)15-14-5/h1-4H2,(H,13,17)(H,15,16). The van der Waals surface area contributed by atoms with Crippen LogP contribution in [0.1, 0.15) is 25.7 Å². The highest BCUT2D eigenvalue weighted by Crippen LogP contribution is 2.48. The molecule has 1 aliphatic carbocycles. The fourth-order valence-electron chi connectivity index (χ4n) is 1.53. The maximum atomic E-state index is 12.6. The molecule has 0 unspecified atom stereocenters. The molecule has 0 saturated heterocycles. The van der Waals surface area contributed by atoms with Crippen LogP contribution in [0, 0.1) is 0 Å². The zero-order valence-corrected chi connectivity index (χ0v) is 8.73. The monoisotopic (exact) mass is 249 g/mol. The van der Waals surface area contributed by atoms with Gasteiger partial charge >= 0.3 is 6.18 Å². The first kappa shape index (κ1) is 11.9. The maximum Gasteiger partial charge on any atom is 0.411 e. The fraction of sp³-hybridized carbons (Fsp3) is 0.667. The number of halogens is 3. The minimum absolute atomic E-state index is 0.0608.